The summed E-state index contributed by atoms with van der Waals surface area (Å²) in [6.07, 6.45) is 2.95. The molecule has 0 spiro atoms. The van der Waals surface area contributed by atoms with Gasteiger partial charge >= 0.3 is 0 Å². The largest absolute Gasteiger partial charge is 0.377 e. The number of amides is 6. The van der Waals surface area contributed by atoms with Gasteiger partial charge in [-0.25, -0.2) is 0 Å². The summed E-state index contributed by atoms with van der Waals surface area (Å²) in [5.41, 5.74) is 3.16. The minimum absolute atomic E-state index is 0.0970. The van der Waals surface area contributed by atoms with Gasteiger partial charge in [0.25, 0.3) is 0 Å². The Morgan fingerprint density at radius 2 is 1.12 bits per heavy atom. The number of hydrogen-bond donors (Lipinski definition) is 6. The maximum Gasteiger partial charge on any atom is 0.246 e. The fourth-order valence-corrected chi connectivity index (χ4v) is 14.8. The predicted octanol–water partition coefficient (Wildman–Crippen LogP) is 3.21. The van der Waals surface area contributed by atoms with E-state index in [0.29, 0.717) is 50.9 Å². The molecule has 12 atom stereocenters. The van der Waals surface area contributed by atoms with E-state index >= 15 is 0 Å². The summed E-state index contributed by atoms with van der Waals surface area (Å²) in [4.78, 5) is 86.7. The highest BCUT2D eigenvalue weighted by Crippen LogP contribution is 2.49. The molecular formula is C53H76N8O9S2. The Hall–Kier alpha value is -4.24. The molecule has 6 N–H and O–H groups in total. The zero-order valence-electron chi connectivity index (χ0n) is 43.1. The highest BCUT2D eigenvalue weighted by molar-refractivity contribution is 8.00. The number of carbonyl (C=O) groups excluding carboxylic acids is 6. The van der Waals surface area contributed by atoms with E-state index < -0.39 is 53.0 Å². The number of carbonyl (C=O) groups is 6. The summed E-state index contributed by atoms with van der Waals surface area (Å²) in [5, 5.41) is 18.1. The van der Waals surface area contributed by atoms with Crippen molar-refractivity contribution in [2.45, 2.75) is 145 Å². The van der Waals surface area contributed by atoms with Gasteiger partial charge in [-0.05, 0) is 98.2 Å². The van der Waals surface area contributed by atoms with Crippen LogP contribution in [0.4, 0.5) is 0 Å². The molecule has 19 heteroatoms. The number of thioether (sulfide) groups is 2. The summed E-state index contributed by atoms with van der Waals surface area (Å²) in [7, 11) is 3.42. The Kier molecular flexibility index (Phi) is 17.3. The van der Waals surface area contributed by atoms with Gasteiger partial charge in [0.1, 0.15) is 18.1 Å². The molecule has 394 valence electrons. The third kappa shape index (κ3) is 11.5. The molecule has 0 radical (unpaired) electrons. The SMILES string of the molecule is CN[C@@H](C)C(=O)NC[C@H]1CCS[C@H]2CC(C)(C)[C@@H](C(=O)N[C@H]3c4ccccc4C[C@H]3OCCOCCO[C@@H]3Cc4ccccc4[C@@H]3NC(=O)C3N4C(=O)[C@@H](NC(=O)[C@H](C)NC)CCS[C@H]4CC3(C)C)N2C1=O. The summed E-state index contributed by atoms with van der Waals surface area (Å²) in [6.45, 7) is 13.1. The molecule has 6 aliphatic rings. The van der Waals surface area contributed by atoms with Gasteiger partial charge in [-0.3, -0.25) is 28.8 Å². The summed E-state index contributed by atoms with van der Waals surface area (Å²) >= 11 is 3.38. The number of nitrogens with one attached hydrogen (secondary N) is 6. The van der Waals surface area contributed by atoms with E-state index in [1.807, 2.05) is 50.2 Å². The fraction of sp³-hybridized carbons (Fsp3) is 0.660. The standard InChI is InChI=1S/C53H76N8O9S2/c1-30(54-7)46(62)56-29-34-17-23-71-40-27-52(3,4)44(60(40)50(34)66)48(64)58-42-35-15-11-9-13-32(35)25-38(42)69-21-19-68-20-22-70-39-26-33-14-10-12-16-36(33)43(39)59-49(65)45-53(5,6)28-41-61(45)51(67)37(18-24-72-41)57-47(63)31(2)55-8/h9-16,30-31,34,37-45,54-55H,17-29H2,1-8H3,(H,56,62)(H,57,63)(H,58,64)(H,59,65)/t30-,31-,34+,37-,38+,39+,40-,41-,42-,43-,44+,45?/m0/s1. The smallest absolute Gasteiger partial charge is 0.246 e. The molecule has 0 aromatic heterocycles. The zero-order valence-corrected chi connectivity index (χ0v) is 44.8. The topological polar surface area (TPSA) is 209 Å². The molecule has 2 aromatic carbocycles. The van der Waals surface area contributed by atoms with Crippen molar-refractivity contribution in [2.24, 2.45) is 16.7 Å². The molecule has 2 aliphatic carbocycles. The monoisotopic (exact) mass is 1030 g/mol. The van der Waals surface area contributed by atoms with Crippen LogP contribution in [-0.2, 0) is 55.8 Å². The molecule has 8 rings (SSSR count). The number of nitrogens with zero attached hydrogens (tertiary/aromatic N) is 2. The van der Waals surface area contributed by atoms with Crippen molar-refractivity contribution in [2.75, 3.05) is 58.6 Å². The quantitative estimate of drug-likeness (QED) is 0.112. The Bertz CT molecular complexity index is 2320. The lowest BCUT2D eigenvalue weighted by Crippen LogP contribution is -2.58. The molecule has 72 heavy (non-hydrogen) atoms. The normalized spacial score (nSPS) is 30.0. The maximum absolute atomic E-state index is 14.6. The number of likely N-dealkylation sites (N-methyl/N-ethyl adjacent to an activating group) is 2. The lowest BCUT2D eigenvalue weighted by Gasteiger charge is -2.35. The fourth-order valence-electron chi connectivity index (χ4n) is 11.6. The Morgan fingerprint density at radius 1 is 0.653 bits per heavy atom. The van der Waals surface area contributed by atoms with E-state index in [4.69, 9.17) is 14.2 Å². The minimum atomic E-state index is -0.740. The van der Waals surface area contributed by atoms with Gasteiger partial charge in [-0.15, -0.1) is 23.5 Å². The van der Waals surface area contributed by atoms with Gasteiger partial charge in [0, 0.05) is 19.4 Å². The van der Waals surface area contributed by atoms with Crippen LogP contribution in [0.2, 0.25) is 0 Å². The first-order chi connectivity index (χ1) is 34.4. The highest BCUT2D eigenvalue weighted by atomic mass is 32.2. The molecule has 4 saturated heterocycles. The van der Waals surface area contributed by atoms with Crippen LogP contribution in [0, 0.1) is 16.7 Å². The third-order valence-electron chi connectivity index (χ3n) is 15.8. The number of rotatable bonds is 19. The van der Waals surface area contributed by atoms with E-state index in [9.17, 15) is 28.8 Å². The molecule has 17 nitrogen and oxygen atoms in total. The number of fused-ring (bicyclic) bond motifs is 4. The lowest BCUT2D eigenvalue weighted by molar-refractivity contribution is -0.144. The van der Waals surface area contributed by atoms with E-state index in [0.717, 1.165) is 28.0 Å². The van der Waals surface area contributed by atoms with E-state index in [-0.39, 0.29) is 90.8 Å². The van der Waals surface area contributed by atoms with Gasteiger partial charge in [0.15, 0.2) is 0 Å². The molecule has 2 aromatic rings. The molecule has 4 heterocycles. The Morgan fingerprint density at radius 3 is 1.64 bits per heavy atom. The van der Waals surface area contributed by atoms with Crippen molar-refractivity contribution in [1.29, 1.82) is 0 Å². The maximum atomic E-state index is 14.6. The van der Waals surface area contributed by atoms with Crippen molar-refractivity contribution < 1.29 is 43.0 Å². The third-order valence-corrected chi connectivity index (χ3v) is 18.3. The van der Waals surface area contributed by atoms with E-state index in [1.54, 1.807) is 61.3 Å². The summed E-state index contributed by atoms with van der Waals surface area (Å²) in [6, 6.07) is 12.2. The van der Waals surface area contributed by atoms with Crippen LogP contribution in [0.1, 0.15) is 102 Å². The molecule has 4 aliphatic heterocycles. The first kappa shape index (κ1) is 54.0. The first-order valence-electron chi connectivity index (χ1n) is 25.8. The Balaban J connectivity index is 0.854. The first-order valence-corrected chi connectivity index (χ1v) is 27.9. The van der Waals surface area contributed by atoms with E-state index in [1.165, 1.54) is 0 Å². The molecular weight excluding hydrogens is 957 g/mol. The number of hydrogen-bond acceptors (Lipinski definition) is 13. The second-order valence-corrected chi connectivity index (χ2v) is 24.2. The molecule has 0 saturated carbocycles. The summed E-state index contributed by atoms with van der Waals surface area (Å²) in [5.74, 6) is -0.169. The van der Waals surface area contributed by atoms with E-state index in [2.05, 4.69) is 57.9 Å². The van der Waals surface area contributed by atoms with Crippen molar-refractivity contribution in [3.8, 4) is 0 Å². The number of ether oxygens (including phenoxy) is 3. The lowest BCUT2D eigenvalue weighted by atomic mass is 9.83. The van der Waals surface area contributed by atoms with Crippen molar-refractivity contribution in [1.82, 2.24) is 41.7 Å². The van der Waals surface area contributed by atoms with Gasteiger partial charge < -0.3 is 55.9 Å². The summed E-state index contributed by atoms with van der Waals surface area (Å²) < 4.78 is 19.0. The van der Waals surface area contributed by atoms with Crippen molar-refractivity contribution in [3.63, 3.8) is 0 Å². The van der Waals surface area contributed by atoms with Gasteiger partial charge in [-0.1, -0.05) is 76.2 Å². The van der Waals surface area contributed by atoms with Crippen molar-refractivity contribution >= 4 is 59.0 Å². The molecule has 1 unspecified atom stereocenters. The highest BCUT2D eigenvalue weighted by Gasteiger charge is 2.57. The number of benzene rings is 2. The second kappa shape index (κ2) is 23.1. The average molecular weight is 1030 g/mol. The van der Waals surface area contributed by atoms with Crippen LogP contribution in [0.3, 0.4) is 0 Å². The van der Waals surface area contributed by atoms with Crippen LogP contribution in [-0.4, -0.2) is 157 Å². The molecule has 4 fully saturated rings. The zero-order chi connectivity index (χ0) is 51.5. The van der Waals surface area contributed by atoms with Crippen LogP contribution >= 0.6 is 23.5 Å². The van der Waals surface area contributed by atoms with Crippen LogP contribution in [0.5, 0.6) is 0 Å². The van der Waals surface area contributed by atoms with Gasteiger partial charge in [0.2, 0.25) is 35.4 Å². The van der Waals surface area contributed by atoms with Crippen LogP contribution in [0.25, 0.3) is 0 Å². The average Bonchev–Trinajstić information content (AvgIpc) is 4.00. The van der Waals surface area contributed by atoms with Crippen LogP contribution in [0.15, 0.2) is 48.5 Å². The Labute approximate surface area is 433 Å². The molecule has 0 bridgehead atoms. The molecule has 6 amide bonds. The van der Waals surface area contributed by atoms with Gasteiger partial charge in [0.05, 0.1) is 79.5 Å². The minimum Gasteiger partial charge on any atom is -0.377 e. The second-order valence-electron chi connectivity index (χ2n) is 21.6. The van der Waals surface area contributed by atoms with Crippen molar-refractivity contribution in [3.05, 3.63) is 70.8 Å². The van der Waals surface area contributed by atoms with Gasteiger partial charge in [-0.2, -0.15) is 0 Å². The predicted molar refractivity (Wildman–Crippen MR) is 278 cm³/mol. The van der Waals surface area contributed by atoms with Crippen LogP contribution < -0.4 is 31.9 Å².